The predicted octanol–water partition coefficient (Wildman–Crippen LogP) is 4.60. The number of hydrogen-bond donors (Lipinski definition) is 1. The first-order valence-corrected chi connectivity index (χ1v) is 11.3. The van der Waals surface area contributed by atoms with Gasteiger partial charge in [-0.2, -0.15) is 5.10 Å². The molecule has 1 saturated carbocycles. The predicted molar refractivity (Wildman–Crippen MR) is 127 cm³/mol. The van der Waals surface area contributed by atoms with Crippen molar-refractivity contribution in [3.8, 4) is 16.8 Å². The van der Waals surface area contributed by atoms with Gasteiger partial charge in [-0.1, -0.05) is 17.3 Å². The molecule has 1 aromatic carbocycles. The highest BCUT2D eigenvalue weighted by atomic mass is 16.2. The molecule has 1 fully saturated rings. The first-order valence-electron chi connectivity index (χ1n) is 11.3. The Labute approximate surface area is 192 Å². The largest absolute Gasteiger partial charge is 0.320 e. The van der Waals surface area contributed by atoms with Crippen LogP contribution in [0.1, 0.15) is 58.9 Å². The molecule has 0 unspecified atom stereocenters. The van der Waals surface area contributed by atoms with Crippen molar-refractivity contribution in [1.29, 1.82) is 0 Å². The highest BCUT2D eigenvalue weighted by Gasteiger charge is 2.34. The maximum absolute atomic E-state index is 13.0. The van der Waals surface area contributed by atoms with Gasteiger partial charge in [0.15, 0.2) is 5.69 Å². The summed E-state index contributed by atoms with van der Waals surface area (Å²) >= 11 is 0. The molecule has 0 saturated heterocycles. The van der Waals surface area contributed by atoms with Crippen molar-refractivity contribution in [3.05, 3.63) is 71.1 Å². The molecular weight excluding hydrogens is 414 g/mol. The summed E-state index contributed by atoms with van der Waals surface area (Å²) in [5.74, 6) is 0.0514. The van der Waals surface area contributed by atoms with E-state index in [1.54, 1.807) is 12.3 Å². The lowest BCUT2D eigenvalue weighted by atomic mass is 10.0. The van der Waals surface area contributed by atoms with Crippen molar-refractivity contribution >= 4 is 11.6 Å². The van der Waals surface area contributed by atoms with Crippen molar-refractivity contribution in [2.24, 2.45) is 0 Å². The first kappa shape index (κ1) is 21.1. The molecule has 33 heavy (non-hydrogen) atoms. The number of nitrogens with zero attached hydrogens (tertiary/aromatic N) is 6. The Balaban J connectivity index is 1.46. The summed E-state index contributed by atoms with van der Waals surface area (Å²) in [5.41, 5.74) is 8.15. The summed E-state index contributed by atoms with van der Waals surface area (Å²) in [5, 5.41) is 16.2. The quantitative estimate of drug-likeness (QED) is 0.472. The average molecular weight is 442 g/mol. The van der Waals surface area contributed by atoms with Gasteiger partial charge in [0.05, 0.1) is 17.1 Å². The van der Waals surface area contributed by atoms with E-state index < -0.39 is 0 Å². The third-order valence-electron chi connectivity index (χ3n) is 6.12. The van der Waals surface area contributed by atoms with Gasteiger partial charge in [-0.3, -0.25) is 14.5 Å². The van der Waals surface area contributed by atoms with Crippen LogP contribution < -0.4 is 5.32 Å². The Kier molecular flexibility index (Phi) is 5.28. The molecule has 168 valence electrons. The normalized spacial score (nSPS) is 13.3. The van der Waals surface area contributed by atoms with Crippen LogP contribution in [0.15, 0.2) is 42.6 Å². The van der Waals surface area contributed by atoms with Crippen molar-refractivity contribution in [1.82, 2.24) is 29.8 Å². The summed E-state index contributed by atoms with van der Waals surface area (Å²) in [4.78, 5) is 17.2. The van der Waals surface area contributed by atoms with Gasteiger partial charge in [0, 0.05) is 41.3 Å². The number of anilines is 1. The van der Waals surface area contributed by atoms with Crippen LogP contribution in [-0.4, -0.2) is 35.7 Å². The van der Waals surface area contributed by atoms with E-state index in [1.807, 2.05) is 41.4 Å². The highest BCUT2D eigenvalue weighted by molar-refractivity contribution is 6.03. The molecule has 0 aliphatic heterocycles. The van der Waals surface area contributed by atoms with Gasteiger partial charge in [0.2, 0.25) is 0 Å². The molecule has 8 nitrogen and oxygen atoms in total. The van der Waals surface area contributed by atoms with E-state index in [4.69, 9.17) is 0 Å². The second-order valence-electron chi connectivity index (χ2n) is 8.56. The Morgan fingerprint density at radius 3 is 2.52 bits per heavy atom. The van der Waals surface area contributed by atoms with Gasteiger partial charge in [0.1, 0.15) is 0 Å². The molecular formula is C25H27N7O. The number of hydrogen-bond acceptors (Lipinski definition) is 5. The summed E-state index contributed by atoms with van der Waals surface area (Å²) in [6, 6.07) is 11.9. The van der Waals surface area contributed by atoms with Crippen molar-refractivity contribution in [2.45, 2.75) is 53.0 Å². The van der Waals surface area contributed by atoms with Crippen LogP contribution in [0.4, 0.5) is 5.69 Å². The Morgan fingerprint density at radius 2 is 1.88 bits per heavy atom. The first-order chi connectivity index (χ1) is 16.0. The number of pyridine rings is 1. The van der Waals surface area contributed by atoms with Crippen LogP contribution in [0.25, 0.3) is 16.8 Å². The third-order valence-corrected chi connectivity index (χ3v) is 6.12. The van der Waals surface area contributed by atoms with Crippen molar-refractivity contribution in [3.63, 3.8) is 0 Å². The van der Waals surface area contributed by atoms with Gasteiger partial charge in [0.25, 0.3) is 5.91 Å². The Hall–Kier alpha value is -3.81. The summed E-state index contributed by atoms with van der Waals surface area (Å²) in [7, 11) is 0. The molecule has 0 atom stereocenters. The van der Waals surface area contributed by atoms with Crippen LogP contribution in [-0.2, 0) is 6.54 Å². The fourth-order valence-electron chi connectivity index (χ4n) is 4.37. The summed E-state index contributed by atoms with van der Waals surface area (Å²) < 4.78 is 3.83. The van der Waals surface area contributed by atoms with Crippen LogP contribution in [0, 0.1) is 20.8 Å². The SMILES string of the molecule is CCn1nc(C)c(-c2ccc(-n3nnc(C(=O)Nc4ccnc(C)c4)c3C3CC3)cc2)c1C. The number of aryl methyl sites for hydroxylation is 3. The maximum atomic E-state index is 13.0. The number of nitrogens with one attached hydrogen (secondary N) is 1. The molecule has 1 aliphatic rings. The number of rotatable bonds is 6. The van der Waals surface area contributed by atoms with Crippen LogP contribution in [0.5, 0.6) is 0 Å². The van der Waals surface area contributed by atoms with E-state index in [1.165, 1.54) is 0 Å². The third kappa shape index (κ3) is 3.92. The van der Waals surface area contributed by atoms with Crippen molar-refractivity contribution in [2.75, 3.05) is 5.32 Å². The zero-order valence-corrected chi connectivity index (χ0v) is 19.3. The average Bonchev–Trinajstić information content (AvgIpc) is 3.47. The molecule has 3 heterocycles. The van der Waals surface area contributed by atoms with Crippen LogP contribution in [0.2, 0.25) is 0 Å². The summed E-state index contributed by atoms with van der Waals surface area (Å²) in [6.07, 6.45) is 3.75. The number of aromatic nitrogens is 6. The molecule has 4 aromatic rings. The monoisotopic (exact) mass is 441 g/mol. The number of carbonyl (C=O) groups is 1. The lowest BCUT2D eigenvalue weighted by molar-refractivity contribution is 0.102. The molecule has 1 N–H and O–H groups in total. The van der Waals surface area contributed by atoms with E-state index in [0.29, 0.717) is 17.3 Å². The molecule has 0 bridgehead atoms. The van der Waals surface area contributed by atoms with Gasteiger partial charge in [-0.05, 0) is 70.4 Å². The maximum Gasteiger partial charge on any atom is 0.278 e. The fourth-order valence-corrected chi connectivity index (χ4v) is 4.37. The standard InChI is InChI=1S/C25H27N7O/c1-5-31-17(4)22(16(3)29-31)18-8-10-21(11-9-18)32-24(19-6-7-19)23(28-30-32)25(33)27-20-12-13-26-15(2)14-20/h8-14,19H,5-7H2,1-4H3,(H,26,27,33). The number of carbonyl (C=O) groups excluding carboxylic acids is 1. The minimum atomic E-state index is -0.247. The van der Waals surface area contributed by atoms with Gasteiger partial charge < -0.3 is 5.32 Å². The van der Waals surface area contributed by atoms with E-state index in [2.05, 4.69) is 51.7 Å². The second kappa shape index (κ2) is 8.27. The lowest BCUT2D eigenvalue weighted by Gasteiger charge is -2.09. The molecule has 0 radical (unpaired) electrons. The van der Waals surface area contributed by atoms with Crippen LogP contribution >= 0.6 is 0 Å². The van der Waals surface area contributed by atoms with E-state index >= 15 is 0 Å². The fraction of sp³-hybridized carbons (Fsp3) is 0.320. The summed E-state index contributed by atoms with van der Waals surface area (Å²) in [6.45, 7) is 8.98. The van der Waals surface area contributed by atoms with E-state index in [0.717, 1.165) is 59.0 Å². The molecule has 1 amide bonds. The van der Waals surface area contributed by atoms with E-state index in [-0.39, 0.29) is 5.91 Å². The second-order valence-corrected chi connectivity index (χ2v) is 8.56. The zero-order chi connectivity index (χ0) is 23.1. The number of benzene rings is 1. The molecule has 1 aliphatic carbocycles. The Bertz CT molecular complexity index is 1330. The van der Waals surface area contributed by atoms with Gasteiger partial charge in [-0.25, -0.2) is 4.68 Å². The lowest BCUT2D eigenvalue weighted by Crippen LogP contribution is -2.15. The topological polar surface area (TPSA) is 90.5 Å². The highest BCUT2D eigenvalue weighted by Crippen LogP contribution is 2.42. The zero-order valence-electron chi connectivity index (χ0n) is 19.3. The molecule has 3 aromatic heterocycles. The smallest absolute Gasteiger partial charge is 0.278 e. The van der Waals surface area contributed by atoms with Crippen molar-refractivity contribution < 1.29 is 4.79 Å². The minimum absolute atomic E-state index is 0.247. The van der Waals surface area contributed by atoms with Gasteiger partial charge in [-0.15, -0.1) is 5.10 Å². The van der Waals surface area contributed by atoms with E-state index in [9.17, 15) is 4.79 Å². The molecule has 5 rings (SSSR count). The van der Waals surface area contributed by atoms with Gasteiger partial charge >= 0.3 is 0 Å². The van der Waals surface area contributed by atoms with Crippen LogP contribution in [0.3, 0.4) is 0 Å². The Morgan fingerprint density at radius 1 is 1.12 bits per heavy atom. The molecule has 8 heteroatoms. The number of amides is 1. The minimum Gasteiger partial charge on any atom is -0.320 e. The molecule has 0 spiro atoms.